The molecule has 2 atom stereocenters. The van der Waals surface area contributed by atoms with E-state index in [4.69, 9.17) is 4.74 Å². The van der Waals surface area contributed by atoms with E-state index in [2.05, 4.69) is 18.2 Å². The second-order valence-corrected chi connectivity index (χ2v) is 9.32. The van der Waals surface area contributed by atoms with Crippen LogP contribution in [0.15, 0.2) is 53.0 Å². The van der Waals surface area contributed by atoms with Crippen LogP contribution < -0.4 is 0 Å². The van der Waals surface area contributed by atoms with Crippen LogP contribution in [0.1, 0.15) is 56.9 Å². The van der Waals surface area contributed by atoms with Gasteiger partial charge in [0.1, 0.15) is 0 Å². The number of unbranched alkanes of at least 4 members (excludes halogenated alkanes) is 2. The first-order chi connectivity index (χ1) is 14.2. The molecule has 0 aromatic heterocycles. The van der Waals surface area contributed by atoms with Crippen LogP contribution in [0.25, 0.3) is 0 Å². The lowest BCUT2D eigenvalue weighted by Crippen LogP contribution is -2.07. The summed E-state index contributed by atoms with van der Waals surface area (Å²) in [5, 5.41) is 10.4. The summed E-state index contributed by atoms with van der Waals surface area (Å²) in [6, 6.07) is 10.2. The van der Waals surface area contributed by atoms with Crippen molar-refractivity contribution in [1.82, 2.24) is 0 Å². The summed E-state index contributed by atoms with van der Waals surface area (Å²) >= 11 is 2.02. The Kier molecular flexibility index (Phi) is 8.88. The number of thioether (sulfide) groups is 1. The summed E-state index contributed by atoms with van der Waals surface area (Å²) in [5.41, 5.74) is 2.86. The van der Waals surface area contributed by atoms with Crippen molar-refractivity contribution < 1.29 is 14.6 Å². The van der Waals surface area contributed by atoms with Gasteiger partial charge in [0.15, 0.2) is 0 Å². The van der Waals surface area contributed by atoms with Crippen molar-refractivity contribution in [2.75, 3.05) is 12.9 Å². The molecule has 0 spiro atoms. The number of carbonyl (C=O) groups excluding carboxylic acids is 1. The third kappa shape index (κ3) is 7.35. The van der Waals surface area contributed by atoms with E-state index in [1.165, 1.54) is 38.4 Å². The topological polar surface area (TPSA) is 46.5 Å². The number of methoxy groups -OCH3 is 1. The first kappa shape index (κ1) is 22.2. The highest BCUT2D eigenvalue weighted by Crippen LogP contribution is 2.50. The van der Waals surface area contributed by atoms with Gasteiger partial charge >= 0.3 is 5.97 Å². The summed E-state index contributed by atoms with van der Waals surface area (Å²) in [7, 11) is 1.45. The minimum Gasteiger partial charge on any atom is -0.469 e. The number of rotatable bonds is 12. The molecule has 2 unspecified atom stereocenters. The van der Waals surface area contributed by atoms with Gasteiger partial charge in [-0.3, -0.25) is 4.79 Å². The largest absolute Gasteiger partial charge is 0.469 e. The number of benzene rings is 1. The third-order valence-electron chi connectivity index (χ3n) is 5.81. The van der Waals surface area contributed by atoms with Crippen LogP contribution in [-0.2, 0) is 16.0 Å². The van der Waals surface area contributed by atoms with Gasteiger partial charge in [-0.1, -0.05) is 54.5 Å². The Bertz CT molecular complexity index is 706. The second kappa shape index (κ2) is 11.6. The van der Waals surface area contributed by atoms with Gasteiger partial charge in [-0.25, -0.2) is 0 Å². The monoisotopic (exact) mass is 414 g/mol. The number of carbonyl (C=O) groups is 1. The van der Waals surface area contributed by atoms with Gasteiger partial charge in [-0.15, -0.1) is 11.8 Å². The van der Waals surface area contributed by atoms with Crippen molar-refractivity contribution in [3.8, 4) is 0 Å². The quantitative estimate of drug-likeness (QED) is 0.271. The molecule has 0 heterocycles. The molecule has 0 aliphatic heterocycles. The average molecular weight is 415 g/mol. The Morgan fingerprint density at radius 3 is 2.72 bits per heavy atom. The Balaban J connectivity index is 1.48. The Morgan fingerprint density at radius 1 is 1.21 bits per heavy atom. The van der Waals surface area contributed by atoms with Gasteiger partial charge in [0.05, 0.1) is 13.2 Å². The second-order valence-electron chi connectivity index (χ2n) is 8.19. The van der Waals surface area contributed by atoms with Gasteiger partial charge < -0.3 is 9.84 Å². The number of esters is 1. The number of aliphatic hydroxyl groups is 1. The predicted octanol–water partition coefficient (Wildman–Crippen LogP) is 5.69. The van der Waals surface area contributed by atoms with E-state index in [1.807, 2.05) is 36.0 Å². The number of hydrogen-bond acceptors (Lipinski definition) is 4. The SMILES string of the molecule is COC(=O)CCCCCSC1=C(C2CC2)CCC1/C=C/C(O)Cc1ccccc1. The molecular weight excluding hydrogens is 380 g/mol. The van der Waals surface area contributed by atoms with E-state index in [1.54, 1.807) is 10.5 Å². The molecule has 4 heteroatoms. The molecule has 3 nitrogen and oxygen atoms in total. The molecule has 158 valence electrons. The standard InChI is InChI=1S/C25H34O3S/c1-28-24(27)10-6-3-7-17-29-25-21(14-16-23(25)20-11-12-20)13-15-22(26)18-19-8-4-2-5-9-19/h2,4-5,8-9,13,15,20-22,26H,3,6-7,10-12,14,16-18H2,1H3/b15-13+. The van der Waals surface area contributed by atoms with Crippen LogP contribution in [0.5, 0.6) is 0 Å². The van der Waals surface area contributed by atoms with Gasteiger partial charge in [-0.2, -0.15) is 0 Å². The van der Waals surface area contributed by atoms with Crippen LogP contribution >= 0.6 is 11.8 Å². The zero-order valence-electron chi connectivity index (χ0n) is 17.5. The molecule has 1 N–H and O–H groups in total. The van der Waals surface area contributed by atoms with Crippen molar-refractivity contribution in [2.45, 2.75) is 63.9 Å². The van der Waals surface area contributed by atoms with E-state index in [0.29, 0.717) is 18.8 Å². The fraction of sp³-hybridized carbons (Fsp3) is 0.560. The molecule has 1 aromatic carbocycles. The number of ether oxygens (including phenoxy) is 1. The molecule has 0 bridgehead atoms. The zero-order chi connectivity index (χ0) is 20.5. The van der Waals surface area contributed by atoms with Crippen molar-refractivity contribution >= 4 is 17.7 Å². The average Bonchev–Trinajstić information content (AvgIpc) is 3.50. The summed E-state index contributed by atoms with van der Waals surface area (Å²) in [4.78, 5) is 12.8. The molecule has 1 aromatic rings. The minimum atomic E-state index is -0.424. The summed E-state index contributed by atoms with van der Waals surface area (Å²) < 4.78 is 4.70. The van der Waals surface area contributed by atoms with Gasteiger partial charge in [0.25, 0.3) is 0 Å². The van der Waals surface area contributed by atoms with Crippen LogP contribution in [0.4, 0.5) is 0 Å². The highest BCUT2D eigenvalue weighted by molar-refractivity contribution is 8.03. The molecule has 3 rings (SSSR count). The smallest absolute Gasteiger partial charge is 0.305 e. The highest BCUT2D eigenvalue weighted by atomic mass is 32.2. The minimum absolute atomic E-state index is 0.105. The first-order valence-corrected chi connectivity index (χ1v) is 12.0. The summed E-state index contributed by atoms with van der Waals surface area (Å²) in [5.74, 6) is 2.30. The molecule has 2 aliphatic carbocycles. The van der Waals surface area contributed by atoms with E-state index in [-0.39, 0.29) is 5.97 Å². The highest BCUT2D eigenvalue weighted by Gasteiger charge is 2.34. The lowest BCUT2D eigenvalue weighted by Gasteiger charge is -2.13. The first-order valence-electron chi connectivity index (χ1n) is 11.0. The van der Waals surface area contributed by atoms with Crippen LogP contribution in [0.2, 0.25) is 0 Å². The molecule has 1 fully saturated rings. The Morgan fingerprint density at radius 2 is 2.00 bits per heavy atom. The summed E-state index contributed by atoms with van der Waals surface area (Å²) in [6.45, 7) is 0. The normalized spacial score (nSPS) is 20.4. The van der Waals surface area contributed by atoms with Crippen molar-refractivity contribution in [2.24, 2.45) is 11.8 Å². The van der Waals surface area contributed by atoms with E-state index in [9.17, 15) is 9.90 Å². The molecule has 29 heavy (non-hydrogen) atoms. The van der Waals surface area contributed by atoms with E-state index in [0.717, 1.165) is 30.9 Å². The maximum atomic E-state index is 11.2. The molecule has 1 saturated carbocycles. The predicted molar refractivity (Wildman–Crippen MR) is 121 cm³/mol. The number of aliphatic hydroxyl groups excluding tert-OH is 1. The molecule has 0 saturated heterocycles. The third-order valence-corrected chi connectivity index (χ3v) is 7.18. The maximum absolute atomic E-state index is 11.2. The lowest BCUT2D eigenvalue weighted by molar-refractivity contribution is -0.140. The maximum Gasteiger partial charge on any atom is 0.305 e. The lowest BCUT2D eigenvalue weighted by atomic mass is 10.0. The molecule has 2 aliphatic rings. The van der Waals surface area contributed by atoms with Crippen molar-refractivity contribution in [1.29, 1.82) is 0 Å². The van der Waals surface area contributed by atoms with Crippen LogP contribution in [0, 0.1) is 11.8 Å². The van der Waals surface area contributed by atoms with Crippen LogP contribution in [0.3, 0.4) is 0 Å². The fourth-order valence-electron chi connectivity index (χ4n) is 4.04. The van der Waals surface area contributed by atoms with Crippen molar-refractivity contribution in [3.63, 3.8) is 0 Å². The molecule has 0 amide bonds. The Hall–Kier alpha value is -1.52. The van der Waals surface area contributed by atoms with Gasteiger partial charge in [-0.05, 0) is 60.7 Å². The molecular formula is C25H34O3S. The molecule has 0 radical (unpaired) electrons. The number of hydrogen-bond donors (Lipinski definition) is 1. The van der Waals surface area contributed by atoms with E-state index >= 15 is 0 Å². The Labute approximate surface area is 179 Å². The van der Waals surface area contributed by atoms with Crippen LogP contribution in [-0.4, -0.2) is 30.0 Å². The van der Waals surface area contributed by atoms with Crippen molar-refractivity contribution in [3.05, 3.63) is 58.5 Å². The summed E-state index contributed by atoms with van der Waals surface area (Å²) in [6.07, 6.45) is 13.3. The fourth-order valence-corrected chi connectivity index (χ4v) is 5.48. The zero-order valence-corrected chi connectivity index (χ0v) is 18.3. The van der Waals surface area contributed by atoms with E-state index < -0.39 is 6.10 Å². The van der Waals surface area contributed by atoms with Gasteiger partial charge in [0, 0.05) is 18.8 Å². The van der Waals surface area contributed by atoms with Gasteiger partial charge in [0.2, 0.25) is 0 Å². The number of allylic oxidation sites excluding steroid dienone is 3.